The lowest BCUT2D eigenvalue weighted by atomic mass is 9.71. The zero-order valence-electron chi connectivity index (χ0n) is 24.1. The van der Waals surface area contributed by atoms with Gasteiger partial charge in [-0.05, 0) is 67.7 Å². The van der Waals surface area contributed by atoms with Crippen LogP contribution in [0.15, 0.2) is 73.4 Å². The molecule has 7 rings (SSSR count). The van der Waals surface area contributed by atoms with Gasteiger partial charge in [0.2, 0.25) is 0 Å². The molecule has 0 amide bonds. The van der Waals surface area contributed by atoms with Crippen molar-refractivity contribution in [2.45, 2.75) is 58.0 Å². The number of pyridine rings is 2. The highest BCUT2D eigenvalue weighted by Crippen LogP contribution is 2.52. The van der Waals surface area contributed by atoms with Crippen LogP contribution in [0, 0.1) is 17.8 Å². The standard InChI is InChI=1S/C33H37FN8/c1-21(30-13-31(34)29-9-8-28(29)30)36-16-25-10-23-15-37-26(12-32(23)39-25)19-42-20-38-33(40-42)24-11-27(17-35-14-24)41(2)18-22-6-4-3-5-7-22/h3-7,10-12,14-15,17,20-21,28-31,36,39H,8-9,13,16,18-19H2,1-2H3/t21?,28?,29?,30?,31-/m0/s1. The summed E-state index contributed by atoms with van der Waals surface area (Å²) < 4.78 is 16.1. The molecule has 8 nitrogen and oxygen atoms in total. The summed E-state index contributed by atoms with van der Waals surface area (Å²) in [5.74, 6) is 1.95. The molecule has 2 fully saturated rings. The average molecular weight is 565 g/mol. The van der Waals surface area contributed by atoms with Crippen LogP contribution in [0.1, 0.15) is 43.1 Å². The molecule has 0 radical (unpaired) electrons. The summed E-state index contributed by atoms with van der Waals surface area (Å²) in [5, 5.41) is 9.45. The first-order valence-electron chi connectivity index (χ1n) is 14.9. The number of hydrogen-bond donors (Lipinski definition) is 2. The molecule has 4 unspecified atom stereocenters. The summed E-state index contributed by atoms with van der Waals surface area (Å²) in [7, 11) is 2.06. The van der Waals surface area contributed by atoms with Crippen LogP contribution in [0.3, 0.4) is 0 Å². The Hall–Kier alpha value is -4.11. The summed E-state index contributed by atoms with van der Waals surface area (Å²) in [4.78, 5) is 19.4. The molecule has 2 N–H and O–H groups in total. The molecular formula is C33H37FN8. The first kappa shape index (κ1) is 26.8. The molecule has 0 saturated heterocycles. The van der Waals surface area contributed by atoms with Gasteiger partial charge in [0.25, 0.3) is 0 Å². The molecule has 5 atom stereocenters. The van der Waals surface area contributed by atoms with Crippen LogP contribution in [0.5, 0.6) is 0 Å². The fourth-order valence-electron chi connectivity index (χ4n) is 6.83. The molecule has 2 aliphatic rings. The van der Waals surface area contributed by atoms with Crippen molar-refractivity contribution in [3.05, 3.63) is 90.4 Å². The minimum Gasteiger partial charge on any atom is -0.369 e. The number of aromatic nitrogens is 6. The Bertz CT molecular complexity index is 1660. The maximum atomic E-state index is 14.3. The molecule has 0 bridgehead atoms. The van der Waals surface area contributed by atoms with Gasteiger partial charge in [-0.3, -0.25) is 9.97 Å². The number of alkyl halides is 1. The molecule has 4 aromatic heterocycles. The first-order chi connectivity index (χ1) is 20.5. The summed E-state index contributed by atoms with van der Waals surface area (Å²) in [6.45, 7) is 4.25. The van der Waals surface area contributed by atoms with Crippen LogP contribution in [0.25, 0.3) is 22.3 Å². The largest absolute Gasteiger partial charge is 0.369 e. The Morgan fingerprint density at radius 2 is 1.93 bits per heavy atom. The van der Waals surface area contributed by atoms with Crippen LogP contribution >= 0.6 is 0 Å². The van der Waals surface area contributed by atoms with Gasteiger partial charge in [0.1, 0.15) is 12.5 Å². The monoisotopic (exact) mass is 564 g/mol. The highest BCUT2D eigenvalue weighted by Gasteiger charge is 2.50. The van der Waals surface area contributed by atoms with Crippen molar-refractivity contribution >= 4 is 16.6 Å². The van der Waals surface area contributed by atoms with Gasteiger partial charge in [0.15, 0.2) is 5.82 Å². The zero-order chi connectivity index (χ0) is 28.6. The quantitative estimate of drug-likeness (QED) is 0.224. The number of anilines is 1. The van der Waals surface area contributed by atoms with E-state index < -0.39 is 6.17 Å². The lowest BCUT2D eigenvalue weighted by molar-refractivity contribution is 0.111. The molecule has 2 aliphatic carbocycles. The van der Waals surface area contributed by atoms with Crippen molar-refractivity contribution in [2.24, 2.45) is 17.8 Å². The Labute approximate surface area is 245 Å². The van der Waals surface area contributed by atoms with Crippen LogP contribution in [-0.2, 0) is 19.6 Å². The normalized spacial score (nSPS) is 22.2. The van der Waals surface area contributed by atoms with Crippen LogP contribution in [0.4, 0.5) is 10.1 Å². The second-order valence-electron chi connectivity index (χ2n) is 12.1. The van der Waals surface area contributed by atoms with Crippen molar-refractivity contribution < 1.29 is 4.39 Å². The van der Waals surface area contributed by atoms with E-state index in [1.165, 1.54) is 12.0 Å². The maximum Gasteiger partial charge on any atom is 0.182 e. The predicted molar refractivity (Wildman–Crippen MR) is 163 cm³/mol. The topological polar surface area (TPSA) is 87.6 Å². The van der Waals surface area contributed by atoms with Crippen LogP contribution in [-0.4, -0.2) is 49.0 Å². The summed E-state index contributed by atoms with van der Waals surface area (Å²) >= 11 is 0. The molecule has 216 valence electrons. The van der Waals surface area contributed by atoms with Crippen molar-refractivity contribution in [1.29, 1.82) is 0 Å². The smallest absolute Gasteiger partial charge is 0.182 e. The van der Waals surface area contributed by atoms with Gasteiger partial charge < -0.3 is 15.2 Å². The van der Waals surface area contributed by atoms with Crippen LogP contribution in [0.2, 0.25) is 0 Å². The lowest BCUT2D eigenvalue weighted by Crippen LogP contribution is -2.38. The second kappa shape index (κ2) is 11.3. The zero-order valence-corrected chi connectivity index (χ0v) is 24.1. The predicted octanol–water partition coefficient (Wildman–Crippen LogP) is 5.76. The molecule has 42 heavy (non-hydrogen) atoms. The highest BCUT2D eigenvalue weighted by molar-refractivity contribution is 5.79. The van der Waals surface area contributed by atoms with Gasteiger partial charge in [-0.15, -0.1) is 0 Å². The van der Waals surface area contributed by atoms with E-state index in [9.17, 15) is 4.39 Å². The molecule has 1 aromatic carbocycles. The Balaban J connectivity index is 0.986. The van der Waals surface area contributed by atoms with E-state index in [0.29, 0.717) is 42.6 Å². The van der Waals surface area contributed by atoms with Gasteiger partial charge in [0.05, 0.1) is 24.1 Å². The molecule has 2 saturated carbocycles. The Morgan fingerprint density at radius 1 is 1.07 bits per heavy atom. The van der Waals surface area contributed by atoms with E-state index in [1.807, 2.05) is 23.1 Å². The highest BCUT2D eigenvalue weighted by atomic mass is 19.1. The van der Waals surface area contributed by atoms with E-state index in [2.05, 4.69) is 86.6 Å². The fraction of sp³-hybridized carbons (Fsp3) is 0.394. The SMILES string of the molecule is CC(NCc1cc2cnc(Cn3cnc(-c4cncc(N(C)Cc5ccccc5)c4)n3)cc2[nH]1)C1C[C@H](F)C2CCC12. The lowest BCUT2D eigenvalue weighted by Gasteiger charge is -2.37. The van der Waals surface area contributed by atoms with Gasteiger partial charge >= 0.3 is 0 Å². The third-order valence-corrected chi connectivity index (χ3v) is 9.31. The number of rotatable bonds is 10. The van der Waals surface area contributed by atoms with Crippen molar-refractivity contribution in [3.8, 4) is 11.4 Å². The van der Waals surface area contributed by atoms with Gasteiger partial charge in [-0.1, -0.05) is 30.3 Å². The minimum absolute atomic E-state index is 0.306. The average Bonchev–Trinajstić information content (AvgIpc) is 3.67. The second-order valence-corrected chi connectivity index (χ2v) is 12.1. The third kappa shape index (κ3) is 5.41. The summed E-state index contributed by atoms with van der Waals surface area (Å²) in [5.41, 5.74) is 6.19. The molecule has 0 spiro atoms. The molecule has 4 heterocycles. The van der Waals surface area contributed by atoms with Gasteiger partial charge in [-0.25, -0.2) is 14.1 Å². The number of fused-ring (bicyclic) bond motifs is 2. The van der Waals surface area contributed by atoms with Crippen LogP contribution < -0.4 is 10.2 Å². The van der Waals surface area contributed by atoms with E-state index >= 15 is 0 Å². The van der Waals surface area contributed by atoms with Gasteiger partial charge in [0, 0.05) is 60.7 Å². The maximum absolute atomic E-state index is 14.3. The number of aromatic amines is 1. The molecule has 5 aromatic rings. The van der Waals surface area contributed by atoms with Crippen molar-refractivity contribution in [1.82, 2.24) is 35.0 Å². The van der Waals surface area contributed by atoms with Crippen molar-refractivity contribution in [3.63, 3.8) is 0 Å². The number of nitrogens with one attached hydrogen (secondary N) is 2. The van der Waals surface area contributed by atoms with Crippen molar-refractivity contribution in [2.75, 3.05) is 11.9 Å². The van der Waals surface area contributed by atoms with Gasteiger partial charge in [-0.2, -0.15) is 5.10 Å². The fourth-order valence-corrected chi connectivity index (χ4v) is 6.83. The first-order valence-corrected chi connectivity index (χ1v) is 14.9. The summed E-state index contributed by atoms with van der Waals surface area (Å²) in [6.07, 6.45) is 9.67. The van der Waals surface area contributed by atoms with E-state index in [-0.39, 0.29) is 0 Å². The number of H-pyrrole nitrogens is 1. The molecule has 0 aliphatic heterocycles. The third-order valence-electron chi connectivity index (χ3n) is 9.31. The van der Waals surface area contributed by atoms with E-state index in [4.69, 9.17) is 5.10 Å². The number of halogens is 1. The van der Waals surface area contributed by atoms with E-state index in [1.54, 1.807) is 12.5 Å². The number of nitrogens with zero attached hydrogens (tertiary/aromatic N) is 6. The minimum atomic E-state index is -0.606. The Morgan fingerprint density at radius 3 is 2.74 bits per heavy atom. The Kier molecular flexibility index (Phi) is 7.19. The molecule has 9 heteroatoms. The molecular weight excluding hydrogens is 527 g/mol. The number of hydrogen-bond acceptors (Lipinski definition) is 6. The van der Waals surface area contributed by atoms with E-state index in [0.717, 1.165) is 53.1 Å². The summed E-state index contributed by atoms with van der Waals surface area (Å²) in [6, 6.07) is 17.0. The number of benzene rings is 1.